The van der Waals surface area contributed by atoms with E-state index in [0.717, 1.165) is 0 Å². The number of sulfonamides is 1. The van der Waals surface area contributed by atoms with Gasteiger partial charge in [0, 0.05) is 19.6 Å². The fourth-order valence-electron chi connectivity index (χ4n) is 2.17. The van der Waals surface area contributed by atoms with Gasteiger partial charge in [-0.25, -0.2) is 12.7 Å². The largest absolute Gasteiger partial charge is 0.391 e. The van der Waals surface area contributed by atoms with Crippen LogP contribution in [0, 0.1) is 0 Å². The quantitative estimate of drug-likeness (QED) is 0.627. The van der Waals surface area contributed by atoms with Crippen LogP contribution >= 0.6 is 0 Å². The van der Waals surface area contributed by atoms with E-state index in [1.54, 1.807) is 20.9 Å². The average molecular weight is 262 g/mol. The first-order chi connectivity index (χ1) is 7.47. The van der Waals surface area contributed by atoms with E-state index in [9.17, 15) is 13.5 Å². The van der Waals surface area contributed by atoms with E-state index in [0.29, 0.717) is 19.5 Å². The number of nitrogens with one attached hydrogen (secondary N) is 1. The first kappa shape index (κ1) is 15.0. The Morgan fingerprint density at radius 2 is 2.06 bits per heavy atom. The number of piperidine rings is 1. The molecular weight excluding hydrogens is 239 g/mol. The highest BCUT2D eigenvalue weighted by molar-refractivity contribution is 7.88. The Morgan fingerprint density at radius 1 is 1.53 bits per heavy atom. The van der Waals surface area contributed by atoms with Gasteiger partial charge in [0.1, 0.15) is 7.85 Å². The molecule has 0 radical (unpaired) electrons. The van der Waals surface area contributed by atoms with Gasteiger partial charge in [-0.3, -0.25) is 0 Å². The Balaban J connectivity index is 2.88. The topological polar surface area (TPSA) is 69.6 Å². The Kier molecular flexibility index (Phi) is 3.99. The maximum atomic E-state index is 11.5. The number of nitrogens with zero attached hydrogens (tertiary/aromatic N) is 1. The molecule has 100 valence electrons. The molecule has 17 heavy (non-hydrogen) atoms. The standard InChI is InChI=1S/C10H23BN2O3S/c1-9(2,14)10(11)5-8(6-12-7-10)13(3)17(4,15)16/h8,12,14H,5-7,11H2,1-4H3/t8-,10+/m1/s1. The zero-order valence-corrected chi connectivity index (χ0v) is 12.1. The van der Waals surface area contributed by atoms with Gasteiger partial charge in [0.25, 0.3) is 0 Å². The average Bonchev–Trinajstić information content (AvgIpc) is 2.13. The van der Waals surface area contributed by atoms with Gasteiger partial charge >= 0.3 is 0 Å². The Hall–Kier alpha value is -0.105. The molecule has 2 N–H and O–H groups in total. The number of rotatable bonds is 3. The van der Waals surface area contributed by atoms with Gasteiger partial charge in [0.05, 0.1) is 11.9 Å². The zero-order chi connectivity index (χ0) is 13.5. The van der Waals surface area contributed by atoms with Gasteiger partial charge in [-0.2, -0.15) is 0 Å². The summed E-state index contributed by atoms with van der Waals surface area (Å²) in [5, 5.41) is 13.1. The molecule has 1 heterocycles. The lowest BCUT2D eigenvalue weighted by Gasteiger charge is -2.48. The zero-order valence-electron chi connectivity index (χ0n) is 11.3. The van der Waals surface area contributed by atoms with Crippen LogP contribution in [0.1, 0.15) is 20.3 Å². The predicted molar refractivity (Wildman–Crippen MR) is 71.4 cm³/mol. The molecular formula is C10H23BN2O3S. The molecule has 1 aliphatic rings. The van der Waals surface area contributed by atoms with Crippen LogP contribution in [0.25, 0.3) is 0 Å². The van der Waals surface area contributed by atoms with E-state index in [4.69, 9.17) is 0 Å². The summed E-state index contributed by atoms with van der Waals surface area (Å²) >= 11 is 0. The van der Waals surface area contributed by atoms with E-state index in [-0.39, 0.29) is 11.4 Å². The summed E-state index contributed by atoms with van der Waals surface area (Å²) in [4.78, 5) is 0. The Labute approximate surface area is 105 Å². The van der Waals surface area contributed by atoms with Crippen molar-refractivity contribution >= 4 is 17.9 Å². The van der Waals surface area contributed by atoms with Crippen LogP contribution in [-0.4, -0.2) is 63.7 Å². The van der Waals surface area contributed by atoms with Crippen molar-refractivity contribution in [3.63, 3.8) is 0 Å². The van der Waals surface area contributed by atoms with Crippen molar-refractivity contribution in [2.24, 2.45) is 0 Å². The minimum absolute atomic E-state index is 0.102. The van der Waals surface area contributed by atoms with E-state index in [1.807, 2.05) is 7.85 Å². The molecule has 1 rings (SSSR count). The van der Waals surface area contributed by atoms with Crippen LogP contribution < -0.4 is 5.32 Å². The second kappa shape index (κ2) is 4.53. The third-order valence-corrected chi connectivity index (χ3v) is 5.44. The van der Waals surface area contributed by atoms with E-state index < -0.39 is 15.6 Å². The lowest BCUT2D eigenvalue weighted by atomic mass is 9.55. The third kappa shape index (κ3) is 3.22. The molecule has 0 unspecified atom stereocenters. The van der Waals surface area contributed by atoms with Gasteiger partial charge in [-0.15, -0.1) is 0 Å². The van der Waals surface area contributed by atoms with E-state index in [2.05, 4.69) is 5.32 Å². The number of likely N-dealkylation sites (N-methyl/N-ethyl adjacent to an activating group) is 1. The van der Waals surface area contributed by atoms with Crippen LogP contribution in [0.2, 0.25) is 5.31 Å². The summed E-state index contributed by atoms with van der Waals surface area (Å²) in [5.41, 5.74) is -0.836. The summed E-state index contributed by atoms with van der Waals surface area (Å²) in [6, 6.07) is -0.102. The fourth-order valence-corrected chi connectivity index (χ4v) is 2.86. The molecule has 0 aromatic heterocycles. The van der Waals surface area contributed by atoms with Gasteiger partial charge in [0.2, 0.25) is 10.0 Å². The highest BCUT2D eigenvalue weighted by Crippen LogP contribution is 2.42. The maximum Gasteiger partial charge on any atom is 0.211 e. The highest BCUT2D eigenvalue weighted by Gasteiger charge is 2.44. The van der Waals surface area contributed by atoms with E-state index in [1.165, 1.54) is 10.6 Å². The molecule has 1 aliphatic heterocycles. The molecule has 0 spiro atoms. The van der Waals surface area contributed by atoms with Crippen molar-refractivity contribution < 1.29 is 13.5 Å². The summed E-state index contributed by atoms with van der Waals surface area (Å²) in [6.07, 6.45) is 1.87. The van der Waals surface area contributed by atoms with Crippen molar-refractivity contribution in [2.75, 3.05) is 26.4 Å². The van der Waals surface area contributed by atoms with Gasteiger partial charge in [0.15, 0.2) is 0 Å². The van der Waals surface area contributed by atoms with E-state index >= 15 is 0 Å². The molecule has 0 aliphatic carbocycles. The fraction of sp³-hybridized carbons (Fsp3) is 1.00. The first-order valence-electron chi connectivity index (χ1n) is 5.83. The molecule has 0 saturated carbocycles. The smallest absolute Gasteiger partial charge is 0.211 e. The number of aliphatic hydroxyl groups is 1. The SMILES string of the molecule is B[C@]1(C(C)(C)O)CNC[C@H](N(C)S(C)(=O)=O)C1. The molecule has 0 amide bonds. The summed E-state index contributed by atoms with van der Waals surface area (Å²) in [7, 11) is 0.397. The van der Waals surface area contributed by atoms with Crippen molar-refractivity contribution in [3.05, 3.63) is 0 Å². The molecule has 1 fully saturated rings. The molecule has 0 aromatic carbocycles. The Bertz CT molecular complexity index is 380. The first-order valence-corrected chi connectivity index (χ1v) is 7.68. The highest BCUT2D eigenvalue weighted by atomic mass is 32.2. The molecule has 2 atom stereocenters. The maximum absolute atomic E-state index is 11.5. The van der Waals surface area contributed by atoms with Crippen LogP contribution in [0.3, 0.4) is 0 Å². The van der Waals surface area contributed by atoms with Crippen LogP contribution in [0.4, 0.5) is 0 Å². The second-order valence-corrected chi connectivity index (χ2v) is 7.93. The molecule has 7 heteroatoms. The molecule has 5 nitrogen and oxygen atoms in total. The van der Waals surface area contributed by atoms with Crippen LogP contribution in [-0.2, 0) is 10.0 Å². The molecule has 0 bridgehead atoms. The normalized spacial score (nSPS) is 31.8. The third-order valence-electron chi connectivity index (χ3n) is 4.10. The summed E-state index contributed by atoms with van der Waals surface area (Å²) in [5.74, 6) is 0. The minimum atomic E-state index is -3.19. The van der Waals surface area contributed by atoms with Gasteiger partial charge in [-0.05, 0) is 32.1 Å². The number of hydrogen-bond donors (Lipinski definition) is 2. The summed E-state index contributed by atoms with van der Waals surface area (Å²) in [6.45, 7) is 4.88. The van der Waals surface area contributed by atoms with Crippen molar-refractivity contribution in [3.8, 4) is 0 Å². The van der Waals surface area contributed by atoms with Gasteiger partial charge in [-0.1, -0.05) is 0 Å². The predicted octanol–water partition coefficient (Wildman–Crippen LogP) is -1.20. The monoisotopic (exact) mass is 262 g/mol. The lowest BCUT2D eigenvalue weighted by molar-refractivity contribution is 0.00832. The second-order valence-electron chi connectivity index (χ2n) is 5.89. The van der Waals surface area contributed by atoms with Crippen molar-refractivity contribution in [2.45, 2.75) is 37.2 Å². The number of hydrogen-bond acceptors (Lipinski definition) is 4. The Morgan fingerprint density at radius 3 is 2.47 bits per heavy atom. The van der Waals surface area contributed by atoms with Crippen molar-refractivity contribution in [1.82, 2.24) is 9.62 Å². The lowest BCUT2D eigenvalue weighted by Crippen LogP contribution is -2.57. The van der Waals surface area contributed by atoms with Gasteiger partial charge < -0.3 is 10.4 Å². The molecule has 1 saturated heterocycles. The van der Waals surface area contributed by atoms with Crippen molar-refractivity contribution in [1.29, 1.82) is 0 Å². The summed E-state index contributed by atoms with van der Waals surface area (Å²) < 4.78 is 24.4. The molecule has 0 aromatic rings. The van der Waals surface area contributed by atoms with Crippen LogP contribution in [0.15, 0.2) is 0 Å². The van der Waals surface area contributed by atoms with Crippen LogP contribution in [0.5, 0.6) is 0 Å². The minimum Gasteiger partial charge on any atom is -0.391 e.